The lowest BCUT2D eigenvalue weighted by atomic mass is 10.0. The van der Waals surface area contributed by atoms with E-state index in [4.69, 9.17) is 10.7 Å². The van der Waals surface area contributed by atoms with Gasteiger partial charge in [0.15, 0.2) is 0 Å². The number of likely N-dealkylation sites (tertiary alicyclic amines) is 2. The Morgan fingerprint density at radius 3 is 2.65 bits per heavy atom. The molecule has 116 valence electrons. The monoisotopic (exact) mass is 322 g/mol. The molecule has 0 radical (unpaired) electrons. The van der Waals surface area contributed by atoms with Crippen LogP contribution < -0.4 is 0 Å². The molecule has 2 unspecified atom stereocenters. The van der Waals surface area contributed by atoms with Gasteiger partial charge in [0.25, 0.3) is 0 Å². The molecule has 5 nitrogen and oxygen atoms in total. The number of carbonyl (C=O) groups is 1. The summed E-state index contributed by atoms with van der Waals surface area (Å²) in [5.41, 5.74) is 0. The largest absolute Gasteiger partial charge is 0.341 e. The summed E-state index contributed by atoms with van der Waals surface area (Å²) in [6.45, 7) is 5.23. The van der Waals surface area contributed by atoms with Crippen molar-refractivity contribution in [3.8, 4) is 0 Å². The summed E-state index contributed by atoms with van der Waals surface area (Å²) < 4.78 is 22.5. The highest BCUT2D eigenvalue weighted by Gasteiger charge is 2.36. The van der Waals surface area contributed by atoms with Gasteiger partial charge in [-0.3, -0.25) is 4.79 Å². The average Bonchev–Trinajstić information content (AvgIpc) is 2.73. The average molecular weight is 323 g/mol. The van der Waals surface area contributed by atoms with Crippen LogP contribution in [0.2, 0.25) is 0 Å². The lowest BCUT2D eigenvalue weighted by Crippen LogP contribution is -2.39. The number of amides is 1. The molecule has 0 aromatic rings. The Morgan fingerprint density at radius 1 is 1.30 bits per heavy atom. The van der Waals surface area contributed by atoms with E-state index in [2.05, 4.69) is 11.8 Å². The van der Waals surface area contributed by atoms with Gasteiger partial charge in [0.1, 0.15) is 5.25 Å². The molecule has 0 aromatic heterocycles. The number of hydrogen-bond acceptors (Lipinski definition) is 4. The maximum Gasteiger partial charge on any atom is 0.237 e. The fourth-order valence-corrected chi connectivity index (χ4v) is 4.15. The Morgan fingerprint density at radius 2 is 2.05 bits per heavy atom. The van der Waals surface area contributed by atoms with E-state index in [-0.39, 0.29) is 18.9 Å². The van der Waals surface area contributed by atoms with E-state index < -0.39 is 14.3 Å². The Bertz CT molecular complexity index is 455. The van der Waals surface area contributed by atoms with Crippen LogP contribution in [0, 0.1) is 0 Å². The molecule has 1 amide bonds. The summed E-state index contributed by atoms with van der Waals surface area (Å²) in [5.74, 6) is -0.0917. The summed E-state index contributed by atoms with van der Waals surface area (Å²) in [4.78, 5) is 15.9. The van der Waals surface area contributed by atoms with E-state index in [9.17, 15) is 13.2 Å². The third kappa shape index (κ3) is 4.09. The van der Waals surface area contributed by atoms with Crippen molar-refractivity contribution >= 4 is 25.6 Å². The summed E-state index contributed by atoms with van der Waals surface area (Å²) in [5, 5.41) is -0.731. The first-order chi connectivity index (χ1) is 9.38. The third-order valence-corrected chi connectivity index (χ3v) is 6.26. The van der Waals surface area contributed by atoms with Crippen LogP contribution in [-0.2, 0) is 13.8 Å². The lowest BCUT2D eigenvalue weighted by Gasteiger charge is -2.33. The maximum absolute atomic E-state index is 11.8. The Labute approximate surface area is 125 Å². The van der Waals surface area contributed by atoms with Crippen LogP contribution in [0.15, 0.2) is 0 Å². The number of halogens is 1. The van der Waals surface area contributed by atoms with Gasteiger partial charge in [0, 0.05) is 42.8 Å². The second-order valence-corrected chi connectivity index (χ2v) is 8.78. The number of rotatable bonds is 5. The normalized spacial score (nSPS) is 29.1. The van der Waals surface area contributed by atoms with Crippen LogP contribution in [0.4, 0.5) is 0 Å². The Balaban J connectivity index is 1.76. The van der Waals surface area contributed by atoms with Gasteiger partial charge in [0.05, 0.1) is 0 Å². The van der Waals surface area contributed by atoms with Crippen molar-refractivity contribution in [1.82, 2.24) is 9.80 Å². The number of hydrogen-bond donors (Lipinski definition) is 0. The Kier molecular flexibility index (Phi) is 5.31. The predicted molar refractivity (Wildman–Crippen MR) is 79.3 cm³/mol. The van der Waals surface area contributed by atoms with E-state index in [1.54, 1.807) is 4.90 Å². The molecule has 0 aromatic carbocycles. The maximum atomic E-state index is 11.8. The molecule has 0 N–H and O–H groups in total. The van der Waals surface area contributed by atoms with E-state index in [0.29, 0.717) is 12.6 Å². The van der Waals surface area contributed by atoms with Crippen LogP contribution in [0.5, 0.6) is 0 Å². The molecular weight excluding hydrogens is 300 g/mol. The first-order valence-electron chi connectivity index (χ1n) is 7.33. The second-order valence-electron chi connectivity index (χ2n) is 5.88. The van der Waals surface area contributed by atoms with Gasteiger partial charge in [-0.05, 0) is 32.7 Å². The van der Waals surface area contributed by atoms with Crippen molar-refractivity contribution in [1.29, 1.82) is 0 Å². The fraction of sp³-hybridized carbons (Fsp3) is 0.923. The van der Waals surface area contributed by atoms with E-state index in [0.717, 1.165) is 19.5 Å². The van der Waals surface area contributed by atoms with Crippen LogP contribution >= 0.6 is 10.7 Å². The van der Waals surface area contributed by atoms with Gasteiger partial charge in [0.2, 0.25) is 15.0 Å². The number of piperidine rings is 1. The molecule has 0 bridgehead atoms. The van der Waals surface area contributed by atoms with Crippen LogP contribution in [-0.4, -0.2) is 61.6 Å². The van der Waals surface area contributed by atoms with E-state index in [1.807, 2.05) is 0 Å². The minimum atomic E-state index is -3.62. The van der Waals surface area contributed by atoms with Gasteiger partial charge in [-0.1, -0.05) is 6.42 Å². The van der Waals surface area contributed by atoms with Crippen molar-refractivity contribution in [2.75, 3.05) is 26.2 Å². The Hall–Kier alpha value is -0.330. The highest BCUT2D eigenvalue weighted by molar-refractivity contribution is 8.14. The molecule has 2 aliphatic heterocycles. The van der Waals surface area contributed by atoms with Crippen LogP contribution in [0.1, 0.15) is 39.0 Å². The van der Waals surface area contributed by atoms with Gasteiger partial charge >= 0.3 is 0 Å². The smallest absolute Gasteiger partial charge is 0.237 e. The van der Waals surface area contributed by atoms with Crippen molar-refractivity contribution in [3.05, 3.63) is 0 Å². The van der Waals surface area contributed by atoms with Gasteiger partial charge in [-0.25, -0.2) is 8.42 Å². The van der Waals surface area contributed by atoms with Gasteiger partial charge < -0.3 is 9.80 Å². The van der Waals surface area contributed by atoms with E-state index >= 15 is 0 Å². The molecule has 2 atom stereocenters. The third-order valence-electron chi connectivity index (χ3n) is 4.39. The first-order valence-corrected chi connectivity index (χ1v) is 9.70. The van der Waals surface area contributed by atoms with E-state index in [1.165, 1.54) is 19.3 Å². The molecule has 20 heavy (non-hydrogen) atoms. The molecule has 0 aliphatic carbocycles. The molecule has 2 heterocycles. The van der Waals surface area contributed by atoms with Crippen molar-refractivity contribution < 1.29 is 13.2 Å². The van der Waals surface area contributed by atoms with Gasteiger partial charge in [-0.15, -0.1) is 0 Å². The molecule has 2 fully saturated rings. The lowest BCUT2D eigenvalue weighted by molar-refractivity contribution is -0.127. The fourth-order valence-electron chi connectivity index (χ4n) is 3.10. The zero-order valence-corrected chi connectivity index (χ0v) is 13.5. The predicted octanol–water partition coefficient (Wildman–Crippen LogP) is 1.42. The molecule has 2 aliphatic rings. The van der Waals surface area contributed by atoms with Crippen molar-refractivity contribution in [2.24, 2.45) is 0 Å². The number of nitrogens with zero attached hydrogens (tertiary/aromatic N) is 2. The van der Waals surface area contributed by atoms with Crippen molar-refractivity contribution in [2.45, 2.75) is 50.3 Å². The zero-order chi connectivity index (χ0) is 14.8. The molecule has 2 rings (SSSR count). The highest BCUT2D eigenvalue weighted by Crippen LogP contribution is 2.22. The zero-order valence-electron chi connectivity index (χ0n) is 11.9. The first kappa shape index (κ1) is 16.0. The minimum Gasteiger partial charge on any atom is -0.341 e. The van der Waals surface area contributed by atoms with Gasteiger partial charge in [-0.2, -0.15) is 0 Å². The minimum absolute atomic E-state index is 0.0337. The van der Waals surface area contributed by atoms with Crippen LogP contribution in [0.3, 0.4) is 0 Å². The molecule has 2 saturated heterocycles. The number of carbonyl (C=O) groups excluding carboxylic acids is 1. The molecular formula is C13H23ClN2O3S. The molecule has 7 heteroatoms. The standard InChI is InChI=1S/C13H23ClN2O3S/c1-11-5-2-3-6-15(11)7-4-8-16-10-12(9-13(16)17)20(14,18)19/h11-12H,2-10H2,1H3. The molecule has 0 spiro atoms. The highest BCUT2D eigenvalue weighted by atomic mass is 35.7. The topological polar surface area (TPSA) is 57.7 Å². The summed E-state index contributed by atoms with van der Waals surface area (Å²) in [6, 6.07) is 0.619. The quantitative estimate of drug-likeness (QED) is 0.718. The van der Waals surface area contributed by atoms with Crippen LogP contribution in [0.25, 0.3) is 0 Å². The summed E-state index contributed by atoms with van der Waals surface area (Å²) in [7, 11) is 1.71. The summed E-state index contributed by atoms with van der Waals surface area (Å²) >= 11 is 0. The van der Waals surface area contributed by atoms with Crippen molar-refractivity contribution in [3.63, 3.8) is 0 Å². The summed E-state index contributed by atoms with van der Waals surface area (Å²) in [6.07, 6.45) is 4.73. The second kappa shape index (κ2) is 6.62. The SMILES string of the molecule is CC1CCCCN1CCCN1CC(S(=O)(=O)Cl)CC1=O. The molecule has 0 saturated carbocycles.